The van der Waals surface area contributed by atoms with Gasteiger partial charge in [-0.15, -0.1) is 16.4 Å². The van der Waals surface area contributed by atoms with Crippen LogP contribution in [0.3, 0.4) is 0 Å². The zero-order valence-electron chi connectivity index (χ0n) is 11.8. The molecule has 8 heteroatoms. The summed E-state index contributed by atoms with van der Waals surface area (Å²) in [4.78, 5) is 16.0. The van der Waals surface area contributed by atoms with E-state index in [0.717, 1.165) is 12.8 Å². The quantitative estimate of drug-likeness (QED) is 0.929. The minimum Gasteiger partial charge on any atom is -0.481 e. The predicted octanol–water partition coefficient (Wildman–Crippen LogP) is 2.08. The van der Waals surface area contributed by atoms with Gasteiger partial charge in [0.2, 0.25) is 5.82 Å². The van der Waals surface area contributed by atoms with Gasteiger partial charge in [-0.3, -0.25) is 4.79 Å². The first-order valence-electron chi connectivity index (χ1n) is 6.99. The smallest absolute Gasteiger partial charge is 0.311 e. The molecule has 0 unspecified atom stereocenters. The molecule has 1 aliphatic carbocycles. The van der Waals surface area contributed by atoms with Crippen molar-refractivity contribution >= 4 is 17.3 Å². The van der Waals surface area contributed by atoms with Crippen LogP contribution in [0.5, 0.6) is 0 Å². The summed E-state index contributed by atoms with van der Waals surface area (Å²) < 4.78 is 1.58. The van der Waals surface area contributed by atoms with Crippen molar-refractivity contribution in [1.29, 1.82) is 0 Å². The Morgan fingerprint density at radius 1 is 1.52 bits per heavy atom. The molecule has 0 spiro atoms. The summed E-state index contributed by atoms with van der Waals surface area (Å²) in [5.74, 6) is 0.369. The van der Waals surface area contributed by atoms with Crippen LogP contribution in [-0.2, 0) is 11.3 Å². The Hall–Kier alpha value is -1.83. The first kappa shape index (κ1) is 14.1. The third-order valence-corrected chi connectivity index (χ3v) is 4.92. The standard InChI is InChI=1S/C13H17N5O2S/c1-9-2-4-13(5-3-9,12(19)20)7-18-11(15-16-17-18)10-6-21-8-14-10/h6,8-9H,2-5,7H2,1H3,(H,19,20). The second-order valence-electron chi connectivity index (χ2n) is 5.80. The van der Waals surface area contributed by atoms with Crippen molar-refractivity contribution in [2.75, 3.05) is 0 Å². The molecule has 0 amide bonds. The van der Waals surface area contributed by atoms with Crippen LogP contribution < -0.4 is 0 Å². The topological polar surface area (TPSA) is 93.8 Å². The monoisotopic (exact) mass is 307 g/mol. The Balaban J connectivity index is 1.88. The average Bonchev–Trinajstić information content (AvgIpc) is 3.12. The van der Waals surface area contributed by atoms with Crippen LogP contribution in [0, 0.1) is 11.3 Å². The van der Waals surface area contributed by atoms with Gasteiger partial charge >= 0.3 is 5.97 Å². The number of carbonyl (C=O) groups is 1. The lowest BCUT2D eigenvalue weighted by atomic mass is 9.71. The maximum Gasteiger partial charge on any atom is 0.311 e. The Bertz CT molecular complexity index is 616. The molecule has 3 rings (SSSR count). The van der Waals surface area contributed by atoms with E-state index in [1.165, 1.54) is 11.3 Å². The number of carboxylic acids is 1. The third-order valence-electron chi connectivity index (χ3n) is 4.33. The highest BCUT2D eigenvalue weighted by Crippen LogP contribution is 2.40. The zero-order chi connectivity index (χ0) is 14.9. The molecular weight excluding hydrogens is 290 g/mol. The highest BCUT2D eigenvalue weighted by molar-refractivity contribution is 7.07. The Morgan fingerprint density at radius 3 is 2.90 bits per heavy atom. The van der Waals surface area contributed by atoms with Crippen LogP contribution in [0.4, 0.5) is 0 Å². The molecule has 21 heavy (non-hydrogen) atoms. The highest BCUT2D eigenvalue weighted by Gasteiger charge is 2.42. The Morgan fingerprint density at radius 2 is 2.29 bits per heavy atom. The van der Waals surface area contributed by atoms with E-state index in [1.807, 2.05) is 5.38 Å². The molecule has 0 saturated heterocycles. The average molecular weight is 307 g/mol. The molecule has 0 bridgehead atoms. The molecule has 2 aromatic heterocycles. The zero-order valence-corrected chi connectivity index (χ0v) is 12.6. The largest absolute Gasteiger partial charge is 0.481 e. The lowest BCUT2D eigenvalue weighted by Crippen LogP contribution is -2.39. The molecule has 0 aliphatic heterocycles. The number of aliphatic carboxylic acids is 1. The molecule has 2 heterocycles. The Labute approximate surface area is 126 Å². The number of tetrazole rings is 1. The lowest BCUT2D eigenvalue weighted by molar-refractivity contribution is -0.152. The van der Waals surface area contributed by atoms with E-state index in [9.17, 15) is 9.90 Å². The van der Waals surface area contributed by atoms with Crippen LogP contribution in [0.2, 0.25) is 0 Å². The van der Waals surface area contributed by atoms with Crippen LogP contribution in [0.25, 0.3) is 11.5 Å². The maximum absolute atomic E-state index is 11.8. The molecule has 7 nitrogen and oxygen atoms in total. The summed E-state index contributed by atoms with van der Waals surface area (Å²) in [7, 11) is 0. The fourth-order valence-corrected chi connectivity index (χ4v) is 3.39. The fraction of sp³-hybridized carbons (Fsp3) is 0.615. The van der Waals surface area contributed by atoms with Gasteiger partial charge in [-0.2, -0.15) is 0 Å². The molecule has 1 fully saturated rings. The van der Waals surface area contributed by atoms with Gasteiger partial charge in [0.25, 0.3) is 0 Å². The summed E-state index contributed by atoms with van der Waals surface area (Å²) in [5, 5.41) is 23.2. The number of hydrogen-bond donors (Lipinski definition) is 1. The van der Waals surface area contributed by atoms with Crippen molar-refractivity contribution in [3.63, 3.8) is 0 Å². The van der Waals surface area contributed by atoms with E-state index in [4.69, 9.17) is 0 Å². The molecule has 1 saturated carbocycles. The minimum atomic E-state index is -0.771. The van der Waals surface area contributed by atoms with E-state index >= 15 is 0 Å². The van der Waals surface area contributed by atoms with Crippen molar-refractivity contribution < 1.29 is 9.90 Å². The van der Waals surface area contributed by atoms with E-state index in [0.29, 0.717) is 36.8 Å². The molecular formula is C13H17N5O2S. The van der Waals surface area contributed by atoms with Crippen molar-refractivity contribution in [2.24, 2.45) is 11.3 Å². The van der Waals surface area contributed by atoms with Gasteiger partial charge in [-0.25, -0.2) is 9.67 Å². The molecule has 0 radical (unpaired) electrons. The number of thiazole rings is 1. The number of rotatable bonds is 4. The van der Waals surface area contributed by atoms with Gasteiger partial charge in [0.05, 0.1) is 17.5 Å². The van der Waals surface area contributed by atoms with Crippen LogP contribution in [0.1, 0.15) is 32.6 Å². The number of aromatic nitrogens is 5. The van der Waals surface area contributed by atoms with E-state index in [2.05, 4.69) is 27.4 Å². The summed E-state index contributed by atoms with van der Waals surface area (Å²) >= 11 is 1.46. The molecule has 1 aliphatic rings. The molecule has 1 N–H and O–H groups in total. The minimum absolute atomic E-state index is 0.301. The second-order valence-corrected chi connectivity index (χ2v) is 6.52. The van der Waals surface area contributed by atoms with E-state index in [-0.39, 0.29) is 0 Å². The first-order chi connectivity index (χ1) is 10.1. The van der Waals surface area contributed by atoms with Crippen molar-refractivity contribution in [3.05, 3.63) is 10.9 Å². The van der Waals surface area contributed by atoms with Gasteiger partial charge < -0.3 is 5.11 Å². The summed E-state index contributed by atoms with van der Waals surface area (Å²) in [5.41, 5.74) is 1.63. The van der Waals surface area contributed by atoms with Gasteiger partial charge in [-0.05, 0) is 42.0 Å². The second kappa shape index (κ2) is 5.51. The number of carboxylic acid groups (broad SMARTS) is 1. The van der Waals surface area contributed by atoms with Gasteiger partial charge in [0.15, 0.2) is 0 Å². The first-order valence-corrected chi connectivity index (χ1v) is 7.93. The van der Waals surface area contributed by atoms with Crippen molar-refractivity contribution in [3.8, 4) is 11.5 Å². The van der Waals surface area contributed by atoms with Gasteiger partial charge in [0, 0.05) is 5.38 Å². The molecule has 112 valence electrons. The fourth-order valence-electron chi connectivity index (χ4n) is 2.86. The Kier molecular flexibility index (Phi) is 3.71. The molecule has 0 atom stereocenters. The van der Waals surface area contributed by atoms with Crippen molar-refractivity contribution in [2.45, 2.75) is 39.2 Å². The van der Waals surface area contributed by atoms with Crippen molar-refractivity contribution in [1.82, 2.24) is 25.2 Å². The summed E-state index contributed by atoms with van der Waals surface area (Å²) in [6.45, 7) is 2.47. The maximum atomic E-state index is 11.8. The van der Waals surface area contributed by atoms with E-state index < -0.39 is 11.4 Å². The summed E-state index contributed by atoms with van der Waals surface area (Å²) in [6, 6.07) is 0. The predicted molar refractivity (Wildman–Crippen MR) is 76.6 cm³/mol. The highest BCUT2D eigenvalue weighted by atomic mass is 32.1. The molecule has 2 aromatic rings. The van der Waals surface area contributed by atoms with Crippen LogP contribution in [0.15, 0.2) is 10.9 Å². The molecule has 0 aromatic carbocycles. The SMILES string of the molecule is CC1CCC(Cn2nnnc2-c2cscn2)(C(=O)O)CC1. The van der Waals surface area contributed by atoms with Crippen LogP contribution in [-0.4, -0.2) is 36.3 Å². The lowest BCUT2D eigenvalue weighted by Gasteiger charge is -2.35. The van der Waals surface area contributed by atoms with Gasteiger partial charge in [-0.1, -0.05) is 6.92 Å². The summed E-state index contributed by atoms with van der Waals surface area (Å²) in [6.07, 6.45) is 3.20. The third kappa shape index (κ3) is 2.67. The van der Waals surface area contributed by atoms with E-state index in [1.54, 1.807) is 10.2 Å². The normalized spacial score (nSPS) is 25.9. The number of hydrogen-bond acceptors (Lipinski definition) is 6. The van der Waals surface area contributed by atoms with Gasteiger partial charge in [0.1, 0.15) is 5.69 Å². The number of nitrogens with zero attached hydrogens (tertiary/aromatic N) is 5. The van der Waals surface area contributed by atoms with Crippen LogP contribution >= 0.6 is 11.3 Å².